The van der Waals surface area contributed by atoms with Gasteiger partial charge in [0.2, 0.25) is 5.28 Å². The van der Waals surface area contributed by atoms with Crippen molar-refractivity contribution in [3.8, 4) is 0 Å². The highest BCUT2D eigenvalue weighted by Crippen LogP contribution is 2.67. The van der Waals surface area contributed by atoms with E-state index in [-0.39, 0.29) is 29.8 Å². The highest BCUT2D eigenvalue weighted by Gasteiger charge is 2.60. The second-order valence-electron chi connectivity index (χ2n) is 12.8. The molecular weight excluding hydrogens is 521 g/mol. The molecule has 5 fully saturated rings. The molecule has 2 aromatic rings. The maximum atomic E-state index is 11.2. The molecule has 0 spiro atoms. The Bertz CT molecular complexity index is 1250. The fraction of sp³-hybridized carbons (Fsp3) is 0.792. The summed E-state index contributed by atoms with van der Waals surface area (Å²) in [4.78, 5) is 31.7. The van der Waals surface area contributed by atoms with E-state index in [1.54, 1.807) is 4.57 Å². The fourth-order valence-electron chi connectivity index (χ4n) is 8.70. The molecule has 0 aromatic carbocycles. The summed E-state index contributed by atoms with van der Waals surface area (Å²) >= 11 is 6.38. The Hall–Kier alpha value is -1.33. The average Bonchev–Trinajstić information content (AvgIpc) is 3.26. The predicted molar refractivity (Wildman–Crippen MR) is 136 cm³/mol. The van der Waals surface area contributed by atoms with Crippen molar-refractivity contribution in [2.24, 2.45) is 16.7 Å². The van der Waals surface area contributed by atoms with Crippen LogP contribution in [0.4, 0.5) is 5.82 Å². The molecule has 11 nitrogen and oxygen atoms in total. The Labute approximate surface area is 220 Å². The van der Waals surface area contributed by atoms with Gasteiger partial charge in [-0.2, -0.15) is 9.97 Å². The molecule has 4 saturated carbocycles. The van der Waals surface area contributed by atoms with Gasteiger partial charge in [-0.05, 0) is 79.7 Å². The van der Waals surface area contributed by atoms with Gasteiger partial charge in [0.05, 0.1) is 12.4 Å². The minimum atomic E-state index is -4.15. The number of aromatic nitrogens is 4. The van der Waals surface area contributed by atoms with Crippen molar-refractivity contribution in [1.82, 2.24) is 19.5 Å². The van der Waals surface area contributed by atoms with Crippen molar-refractivity contribution in [1.29, 1.82) is 0 Å². The third kappa shape index (κ3) is 4.71. The molecule has 3 heterocycles. The number of hydrogen-bond donors (Lipinski definition) is 5. The predicted octanol–water partition coefficient (Wildman–Crippen LogP) is 3.22. The number of hydrogen-bond acceptors (Lipinski definition) is 8. The smallest absolute Gasteiger partial charge is 0.325 e. The van der Waals surface area contributed by atoms with Crippen molar-refractivity contribution in [2.45, 2.75) is 95.3 Å². The number of halogens is 1. The van der Waals surface area contributed by atoms with Crippen molar-refractivity contribution < 1.29 is 29.3 Å². The molecule has 0 amide bonds. The molecule has 3 unspecified atom stereocenters. The zero-order chi connectivity index (χ0) is 26.4. The van der Waals surface area contributed by atoms with E-state index in [4.69, 9.17) is 26.1 Å². The van der Waals surface area contributed by atoms with Crippen molar-refractivity contribution >= 4 is 36.2 Å². The first-order valence-corrected chi connectivity index (χ1v) is 15.2. The van der Waals surface area contributed by atoms with Crippen LogP contribution in [0.15, 0.2) is 6.33 Å². The maximum absolute atomic E-state index is 11.2. The molecule has 37 heavy (non-hydrogen) atoms. The monoisotopic (exact) mass is 555 g/mol. The van der Waals surface area contributed by atoms with Crippen LogP contribution < -0.4 is 5.32 Å². The topological polar surface area (TPSA) is 163 Å². The highest BCUT2D eigenvalue weighted by molar-refractivity contribution is 7.51. The maximum Gasteiger partial charge on any atom is 0.325 e. The largest absolute Gasteiger partial charge is 0.388 e. The Kier molecular flexibility index (Phi) is 6.01. The van der Waals surface area contributed by atoms with Gasteiger partial charge < -0.3 is 30.1 Å². The van der Waals surface area contributed by atoms with Crippen LogP contribution in [0.2, 0.25) is 5.28 Å². The van der Waals surface area contributed by atoms with E-state index >= 15 is 0 Å². The molecule has 204 valence electrons. The Morgan fingerprint density at radius 1 is 1.14 bits per heavy atom. The summed E-state index contributed by atoms with van der Waals surface area (Å²) in [7, 11) is -4.15. The number of ether oxygens (including phenoxy) is 1. The zero-order valence-electron chi connectivity index (χ0n) is 21.0. The van der Waals surface area contributed by atoms with Gasteiger partial charge in [-0.15, -0.1) is 0 Å². The van der Waals surface area contributed by atoms with E-state index in [0.717, 1.165) is 19.3 Å². The molecule has 5 N–H and O–H groups in total. The van der Waals surface area contributed by atoms with Crippen molar-refractivity contribution in [3.05, 3.63) is 11.6 Å². The highest BCUT2D eigenvalue weighted by atomic mass is 35.5. The van der Waals surface area contributed by atoms with Crippen molar-refractivity contribution in [3.63, 3.8) is 0 Å². The molecule has 8 atom stereocenters. The van der Waals surface area contributed by atoms with E-state index in [0.29, 0.717) is 33.7 Å². The summed E-state index contributed by atoms with van der Waals surface area (Å²) in [5.74, 6) is 1.25. The first kappa shape index (κ1) is 25.9. The summed E-state index contributed by atoms with van der Waals surface area (Å²) in [5.41, 5.74) is 1.44. The van der Waals surface area contributed by atoms with Gasteiger partial charge in [0.1, 0.15) is 12.2 Å². The summed E-state index contributed by atoms with van der Waals surface area (Å²) < 4.78 is 18.7. The van der Waals surface area contributed by atoms with Crippen LogP contribution in [0.25, 0.3) is 11.2 Å². The number of fused-ring (bicyclic) bond motifs is 1. The minimum Gasteiger partial charge on any atom is -0.388 e. The molecular formula is C24H35ClN5O6P. The second-order valence-corrected chi connectivity index (χ2v) is 14.9. The second kappa shape index (κ2) is 8.58. The SMILES string of the molecule is C[C@]12CC3CC(Nc4nc(Cl)nc5c4ncn5[C@@H]4O[C@H](CCCP(=O)(O)O)[C@H](O)C4O)(C1)C[C@@](C)(C3)C2. The number of nitrogens with zero attached hydrogens (tertiary/aromatic N) is 4. The van der Waals surface area contributed by atoms with Crippen molar-refractivity contribution in [2.75, 3.05) is 11.5 Å². The lowest BCUT2D eigenvalue weighted by Gasteiger charge is -2.65. The van der Waals surface area contributed by atoms with Crippen LogP contribution in [0.3, 0.4) is 0 Å². The van der Waals surface area contributed by atoms with Gasteiger partial charge in [0.15, 0.2) is 23.2 Å². The van der Waals surface area contributed by atoms with Crippen LogP contribution in [0.5, 0.6) is 0 Å². The number of aliphatic hydroxyl groups excluding tert-OH is 2. The van der Waals surface area contributed by atoms with Gasteiger partial charge in [-0.1, -0.05) is 13.8 Å². The Morgan fingerprint density at radius 3 is 2.49 bits per heavy atom. The quantitative estimate of drug-likeness (QED) is 0.253. The molecule has 5 aliphatic rings. The molecule has 0 radical (unpaired) electrons. The molecule has 13 heteroatoms. The lowest BCUT2D eigenvalue weighted by molar-refractivity contribution is -0.0973. The van der Waals surface area contributed by atoms with Crippen LogP contribution in [0, 0.1) is 16.7 Å². The Balaban J connectivity index is 1.27. The molecule has 4 bridgehead atoms. The van der Waals surface area contributed by atoms with Gasteiger partial charge in [0, 0.05) is 11.7 Å². The summed E-state index contributed by atoms with van der Waals surface area (Å²) in [6.45, 7) is 4.81. The van der Waals surface area contributed by atoms with Gasteiger partial charge >= 0.3 is 7.60 Å². The third-order valence-electron chi connectivity index (χ3n) is 8.95. The normalized spacial score (nSPS) is 41.1. The van der Waals surface area contributed by atoms with Gasteiger partial charge in [-0.3, -0.25) is 9.13 Å². The molecule has 1 aliphatic heterocycles. The first-order valence-electron chi connectivity index (χ1n) is 13.0. The first-order chi connectivity index (χ1) is 17.3. The third-order valence-corrected chi connectivity index (χ3v) is 10.0. The van der Waals surface area contributed by atoms with Crippen LogP contribution >= 0.6 is 19.2 Å². The van der Waals surface area contributed by atoms with Crippen LogP contribution in [0.1, 0.15) is 71.4 Å². The summed E-state index contributed by atoms with van der Waals surface area (Å²) in [5, 5.41) is 25.1. The fourth-order valence-corrected chi connectivity index (χ4v) is 9.46. The summed E-state index contributed by atoms with van der Waals surface area (Å²) in [6, 6.07) is 0. The minimum absolute atomic E-state index is 0.0464. The molecule has 1 saturated heterocycles. The lowest BCUT2D eigenvalue weighted by atomic mass is 9.43. The van der Waals surface area contributed by atoms with E-state index in [1.807, 2.05) is 0 Å². The number of nitrogens with one attached hydrogen (secondary N) is 1. The summed E-state index contributed by atoms with van der Waals surface area (Å²) in [6.07, 6.45) is 4.31. The van der Waals surface area contributed by atoms with Crippen LogP contribution in [-0.4, -0.2) is 69.5 Å². The van der Waals surface area contributed by atoms with Crippen LogP contribution in [-0.2, 0) is 9.30 Å². The molecule has 2 aromatic heterocycles. The Morgan fingerprint density at radius 2 is 1.84 bits per heavy atom. The number of imidazole rings is 1. The number of aliphatic hydroxyl groups is 2. The number of rotatable bonds is 7. The number of anilines is 1. The zero-order valence-corrected chi connectivity index (χ0v) is 22.7. The van der Waals surface area contributed by atoms with E-state index in [1.165, 1.54) is 25.6 Å². The van der Waals surface area contributed by atoms with E-state index in [2.05, 4.69) is 34.1 Å². The standard InChI is InChI=1S/C24H35ClN5O6P/c1-22-6-13-7-23(2,9-22)11-24(8-13,10-22)29-18-15-19(28-21(25)27-18)30(12-26-15)20-17(32)16(31)14(36-20)4-3-5-37(33,34)35/h12-14,16-17,20,31-32H,3-11H2,1-2H3,(H,27,28,29)(H2,33,34,35)/t13?,14-,16+,17?,20-,22-,23+,24?/m1/s1. The van der Waals surface area contributed by atoms with E-state index < -0.39 is 32.1 Å². The average molecular weight is 556 g/mol. The lowest BCUT2D eigenvalue weighted by Crippen LogP contribution is -2.61. The van der Waals surface area contributed by atoms with Gasteiger partial charge in [-0.25, -0.2) is 4.98 Å². The molecule has 4 aliphatic carbocycles. The van der Waals surface area contributed by atoms with Gasteiger partial charge in [0.25, 0.3) is 0 Å². The molecule has 7 rings (SSSR count). The van der Waals surface area contributed by atoms with E-state index in [9.17, 15) is 14.8 Å².